The molecule has 80 valence electrons. The average molecular weight is 222 g/mol. The van der Waals surface area contributed by atoms with Crippen molar-refractivity contribution in [2.24, 2.45) is 0 Å². The van der Waals surface area contributed by atoms with Crippen molar-refractivity contribution in [2.75, 3.05) is 0 Å². The SMILES string of the molecule is O=C(SOC1CCCC1)c1ccccc1. The van der Waals surface area contributed by atoms with Gasteiger partial charge in [-0.1, -0.05) is 43.2 Å². The molecule has 0 bridgehead atoms. The highest BCUT2D eigenvalue weighted by Crippen LogP contribution is 2.26. The molecule has 3 heteroatoms. The van der Waals surface area contributed by atoms with Crippen molar-refractivity contribution in [2.45, 2.75) is 31.8 Å². The highest BCUT2D eigenvalue weighted by atomic mass is 32.2. The van der Waals surface area contributed by atoms with Crippen molar-refractivity contribution in [3.05, 3.63) is 35.9 Å². The largest absolute Gasteiger partial charge is 0.304 e. The molecule has 2 rings (SSSR count). The molecular weight excluding hydrogens is 208 g/mol. The highest BCUT2D eigenvalue weighted by Gasteiger charge is 2.18. The number of hydrogen-bond acceptors (Lipinski definition) is 3. The summed E-state index contributed by atoms with van der Waals surface area (Å²) < 4.78 is 5.49. The predicted octanol–water partition coefficient (Wildman–Crippen LogP) is 3.43. The fraction of sp³-hybridized carbons (Fsp3) is 0.417. The Hall–Kier alpha value is -0.800. The standard InChI is InChI=1S/C12H14O2S/c13-12(10-6-2-1-3-7-10)15-14-11-8-4-5-9-11/h1-3,6-7,11H,4-5,8-9H2. The molecule has 0 unspecified atom stereocenters. The van der Waals surface area contributed by atoms with Gasteiger partial charge in [-0.05, 0) is 12.8 Å². The quantitative estimate of drug-likeness (QED) is 0.733. The van der Waals surface area contributed by atoms with Crippen LogP contribution in [0.1, 0.15) is 36.0 Å². The molecule has 1 aliphatic rings. The summed E-state index contributed by atoms with van der Waals surface area (Å²) in [5.41, 5.74) is 0.709. The number of carbonyl (C=O) groups is 1. The summed E-state index contributed by atoms with van der Waals surface area (Å²) in [7, 11) is 0. The van der Waals surface area contributed by atoms with Gasteiger partial charge in [-0.25, -0.2) is 0 Å². The molecule has 0 spiro atoms. The molecule has 1 fully saturated rings. The molecule has 0 heterocycles. The Morgan fingerprint density at radius 2 is 1.87 bits per heavy atom. The van der Waals surface area contributed by atoms with Crippen LogP contribution in [0, 0.1) is 0 Å². The van der Waals surface area contributed by atoms with Crippen molar-refractivity contribution in [1.29, 1.82) is 0 Å². The van der Waals surface area contributed by atoms with Crippen molar-refractivity contribution < 1.29 is 8.98 Å². The van der Waals surface area contributed by atoms with Crippen molar-refractivity contribution in [1.82, 2.24) is 0 Å². The molecule has 2 nitrogen and oxygen atoms in total. The Morgan fingerprint density at radius 3 is 2.53 bits per heavy atom. The van der Waals surface area contributed by atoms with Crippen LogP contribution in [-0.2, 0) is 4.18 Å². The van der Waals surface area contributed by atoms with Gasteiger partial charge in [0.15, 0.2) is 0 Å². The fourth-order valence-corrected chi connectivity index (χ4v) is 2.37. The first-order valence-corrected chi connectivity index (χ1v) is 6.03. The van der Waals surface area contributed by atoms with Gasteiger partial charge in [-0.2, -0.15) is 0 Å². The molecule has 1 aromatic rings. The van der Waals surface area contributed by atoms with Crippen LogP contribution in [0.15, 0.2) is 30.3 Å². The number of rotatable bonds is 3. The molecule has 0 atom stereocenters. The fourth-order valence-electron chi connectivity index (χ4n) is 1.72. The molecule has 0 aromatic heterocycles. The molecule has 0 amide bonds. The zero-order valence-corrected chi connectivity index (χ0v) is 9.33. The molecule has 1 aliphatic carbocycles. The third kappa shape index (κ3) is 3.08. The van der Waals surface area contributed by atoms with Gasteiger partial charge < -0.3 is 4.18 Å². The van der Waals surface area contributed by atoms with E-state index < -0.39 is 0 Å². The van der Waals surface area contributed by atoms with E-state index in [1.807, 2.05) is 30.3 Å². The first-order chi connectivity index (χ1) is 7.36. The van der Waals surface area contributed by atoms with Crippen LogP contribution < -0.4 is 0 Å². The number of hydrogen-bond donors (Lipinski definition) is 0. The van der Waals surface area contributed by atoms with Crippen LogP contribution >= 0.6 is 12.0 Å². The lowest BCUT2D eigenvalue weighted by Crippen LogP contribution is -2.04. The van der Waals surface area contributed by atoms with E-state index in [1.54, 1.807) is 0 Å². The molecule has 15 heavy (non-hydrogen) atoms. The predicted molar refractivity (Wildman–Crippen MR) is 61.7 cm³/mol. The summed E-state index contributed by atoms with van der Waals surface area (Å²) in [5.74, 6) is 0. The van der Waals surface area contributed by atoms with E-state index in [2.05, 4.69) is 0 Å². The van der Waals surface area contributed by atoms with E-state index in [0.29, 0.717) is 5.56 Å². The first kappa shape index (κ1) is 10.7. The second kappa shape index (κ2) is 5.33. The lowest BCUT2D eigenvalue weighted by Gasteiger charge is -2.07. The van der Waals surface area contributed by atoms with Gasteiger partial charge in [0.25, 0.3) is 0 Å². The average Bonchev–Trinajstić information content (AvgIpc) is 2.80. The summed E-state index contributed by atoms with van der Waals surface area (Å²) in [5, 5.41) is 0.00231. The van der Waals surface area contributed by atoms with E-state index in [9.17, 15) is 4.79 Å². The molecular formula is C12H14O2S. The van der Waals surface area contributed by atoms with Crippen LogP contribution in [0.4, 0.5) is 0 Å². The topological polar surface area (TPSA) is 26.3 Å². The van der Waals surface area contributed by atoms with E-state index in [4.69, 9.17) is 4.18 Å². The molecule has 0 aliphatic heterocycles. The minimum atomic E-state index is 0.00231. The minimum absolute atomic E-state index is 0.00231. The van der Waals surface area contributed by atoms with Crippen LogP contribution in [0.3, 0.4) is 0 Å². The van der Waals surface area contributed by atoms with E-state index in [-0.39, 0.29) is 11.2 Å². The van der Waals surface area contributed by atoms with Crippen LogP contribution in [0.5, 0.6) is 0 Å². The third-order valence-corrected chi connectivity index (χ3v) is 3.33. The minimum Gasteiger partial charge on any atom is -0.304 e. The Balaban J connectivity index is 1.82. The Bertz CT molecular complexity index is 318. The van der Waals surface area contributed by atoms with Crippen molar-refractivity contribution >= 4 is 17.2 Å². The maximum absolute atomic E-state index is 11.6. The maximum atomic E-state index is 11.6. The van der Waals surface area contributed by atoms with Gasteiger partial charge in [-0.15, -0.1) is 0 Å². The Labute approximate surface area is 94.2 Å². The summed E-state index contributed by atoms with van der Waals surface area (Å²) in [6.45, 7) is 0. The van der Waals surface area contributed by atoms with Gasteiger partial charge in [0.2, 0.25) is 5.12 Å². The normalized spacial score (nSPS) is 16.8. The lowest BCUT2D eigenvalue weighted by atomic mass is 10.2. The zero-order valence-electron chi connectivity index (χ0n) is 8.52. The molecule has 0 N–H and O–H groups in total. The van der Waals surface area contributed by atoms with Crippen molar-refractivity contribution in [3.63, 3.8) is 0 Å². The van der Waals surface area contributed by atoms with Gasteiger partial charge in [0.1, 0.15) is 0 Å². The monoisotopic (exact) mass is 222 g/mol. The summed E-state index contributed by atoms with van der Waals surface area (Å²) >= 11 is 0.988. The van der Waals surface area contributed by atoms with Gasteiger partial charge in [0, 0.05) is 5.56 Å². The van der Waals surface area contributed by atoms with Crippen LogP contribution in [-0.4, -0.2) is 11.2 Å². The smallest absolute Gasteiger partial charge is 0.246 e. The summed E-state index contributed by atoms with van der Waals surface area (Å²) in [4.78, 5) is 11.6. The van der Waals surface area contributed by atoms with E-state index in [0.717, 1.165) is 24.9 Å². The highest BCUT2D eigenvalue weighted by molar-refractivity contribution is 8.10. The number of carbonyl (C=O) groups excluding carboxylic acids is 1. The second-order valence-corrected chi connectivity index (χ2v) is 4.47. The Morgan fingerprint density at radius 1 is 1.20 bits per heavy atom. The van der Waals surface area contributed by atoms with E-state index >= 15 is 0 Å². The number of benzene rings is 1. The molecule has 1 aromatic carbocycles. The molecule has 0 saturated heterocycles. The maximum Gasteiger partial charge on any atom is 0.246 e. The second-order valence-electron chi connectivity index (χ2n) is 3.74. The summed E-state index contributed by atoms with van der Waals surface area (Å²) in [6, 6.07) is 9.26. The third-order valence-electron chi connectivity index (χ3n) is 2.57. The van der Waals surface area contributed by atoms with Crippen LogP contribution in [0.25, 0.3) is 0 Å². The van der Waals surface area contributed by atoms with Gasteiger partial charge >= 0.3 is 0 Å². The van der Waals surface area contributed by atoms with Crippen LogP contribution in [0.2, 0.25) is 0 Å². The molecule has 1 saturated carbocycles. The zero-order chi connectivity index (χ0) is 10.5. The summed E-state index contributed by atoms with van der Waals surface area (Å²) in [6.07, 6.45) is 4.92. The van der Waals surface area contributed by atoms with Gasteiger partial charge in [-0.3, -0.25) is 4.79 Å². The lowest BCUT2D eigenvalue weighted by molar-refractivity contribution is 0.107. The van der Waals surface area contributed by atoms with Gasteiger partial charge in [0.05, 0.1) is 18.1 Å². The molecule has 0 radical (unpaired) electrons. The van der Waals surface area contributed by atoms with Crippen molar-refractivity contribution in [3.8, 4) is 0 Å². The first-order valence-electron chi connectivity index (χ1n) is 5.29. The van der Waals surface area contributed by atoms with E-state index in [1.165, 1.54) is 12.8 Å². The Kier molecular flexibility index (Phi) is 3.80.